The highest BCUT2D eigenvalue weighted by Gasteiger charge is 2.29. The molecule has 3 rings (SSSR count). The lowest BCUT2D eigenvalue weighted by molar-refractivity contribution is 0.0249. The van der Waals surface area contributed by atoms with E-state index >= 15 is 0 Å². The van der Waals surface area contributed by atoms with Gasteiger partial charge in [-0.15, -0.1) is 0 Å². The Bertz CT molecular complexity index is 727. The van der Waals surface area contributed by atoms with Gasteiger partial charge >= 0.3 is 0 Å². The van der Waals surface area contributed by atoms with Crippen LogP contribution < -0.4 is 14.2 Å². The van der Waals surface area contributed by atoms with E-state index in [9.17, 15) is 4.79 Å². The number of carbonyl (C=O) groups is 1. The van der Waals surface area contributed by atoms with Crippen molar-refractivity contribution in [3.8, 4) is 17.2 Å². The first kappa shape index (κ1) is 19.1. The first-order chi connectivity index (χ1) is 13.2. The molecular formula is C20H25NO6. The molecular weight excluding hydrogens is 350 g/mol. The molecule has 0 N–H and O–H groups in total. The van der Waals surface area contributed by atoms with Crippen LogP contribution in [-0.4, -0.2) is 51.4 Å². The van der Waals surface area contributed by atoms with Gasteiger partial charge in [-0.25, -0.2) is 0 Å². The fourth-order valence-corrected chi connectivity index (χ4v) is 3.30. The van der Waals surface area contributed by atoms with Gasteiger partial charge in [0.25, 0.3) is 5.91 Å². The standard InChI is InChI=1S/C20H25NO6/c1-23-17-11-14(12-18(24-2)19(17)25-3)20(22)21(13-16-5-4-8-27-16)15-6-9-26-10-7-15/h4-5,8,11-12,15H,6-7,9-10,13H2,1-3H3. The zero-order valence-corrected chi connectivity index (χ0v) is 15.9. The minimum atomic E-state index is -0.113. The van der Waals surface area contributed by atoms with Crippen molar-refractivity contribution < 1.29 is 28.2 Å². The fourth-order valence-electron chi connectivity index (χ4n) is 3.30. The highest BCUT2D eigenvalue weighted by Crippen LogP contribution is 2.38. The first-order valence-corrected chi connectivity index (χ1v) is 8.89. The number of benzene rings is 1. The molecule has 0 bridgehead atoms. The molecule has 1 aromatic heterocycles. The van der Waals surface area contributed by atoms with Gasteiger partial charge in [-0.3, -0.25) is 4.79 Å². The molecule has 0 spiro atoms. The molecule has 1 aliphatic rings. The molecule has 1 aromatic carbocycles. The van der Waals surface area contributed by atoms with Gasteiger partial charge in [0.05, 0.1) is 34.1 Å². The summed E-state index contributed by atoms with van der Waals surface area (Å²) in [6, 6.07) is 7.13. The van der Waals surface area contributed by atoms with Crippen molar-refractivity contribution in [3.63, 3.8) is 0 Å². The van der Waals surface area contributed by atoms with E-state index in [1.807, 2.05) is 17.0 Å². The summed E-state index contributed by atoms with van der Waals surface area (Å²) >= 11 is 0. The van der Waals surface area contributed by atoms with Crippen molar-refractivity contribution in [1.29, 1.82) is 0 Å². The number of hydrogen-bond donors (Lipinski definition) is 0. The summed E-state index contributed by atoms with van der Waals surface area (Å²) in [4.78, 5) is 15.2. The van der Waals surface area contributed by atoms with E-state index in [-0.39, 0.29) is 11.9 Å². The first-order valence-electron chi connectivity index (χ1n) is 8.89. The Morgan fingerprint density at radius 3 is 2.30 bits per heavy atom. The third kappa shape index (κ3) is 4.19. The van der Waals surface area contributed by atoms with Crippen LogP contribution >= 0.6 is 0 Å². The summed E-state index contributed by atoms with van der Waals surface area (Å²) < 4.78 is 27.0. The third-order valence-corrected chi connectivity index (χ3v) is 4.71. The maximum Gasteiger partial charge on any atom is 0.254 e. The average Bonchev–Trinajstić information content (AvgIpc) is 3.24. The molecule has 0 saturated carbocycles. The number of amides is 1. The van der Waals surface area contributed by atoms with Crippen molar-refractivity contribution in [2.75, 3.05) is 34.5 Å². The Morgan fingerprint density at radius 2 is 1.78 bits per heavy atom. The minimum Gasteiger partial charge on any atom is -0.493 e. The van der Waals surface area contributed by atoms with Crippen molar-refractivity contribution in [2.45, 2.75) is 25.4 Å². The molecule has 146 valence electrons. The maximum atomic E-state index is 13.4. The summed E-state index contributed by atoms with van der Waals surface area (Å²) in [7, 11) is 4.60. The lowest BCUT2D eigenvalue weighted by atomic mass is 10.0. The van der Waals surface area contributed by atoms with E-state index in [4.69, 9.17) is 23.4 Å². The van der Waals surface area contributed by atoms with Crippen molar-refractivity contribution in [3.05, 3.63) is 41.9 Å². The normalized spacial score (nSPS) is 14.6. The minimum absolute atomic E-state index is 0.0791. The van der Waals surface area contributed by atoms with Gasteiger partial charge < -0.3 is 28.3 Å². The Labute approximate surface area is 158 Å². The van der Waals surface area contributed by atoms with Gasteiger partial charge in [0, 0.05) is 24.8 Å². The molecule has 0 atom stereocenters. The Hall–Kier alpha value is -2.67. The van der Waals surface area contributed by atoms with Gasteiger partial charge in [0.15, 0.2) is 11.5 Å². The largest absolute Gasteiger partial charge is 0.493 e. The van der Waals surface area contributed by atoms with Crippen LogP contribution in [0.2, 0.25) is 0 Å². The Morgan fingerprint density at radius 1 is 1.11 bits per heavy atom. The van der Waals surface area contributed by atoms with E-state index in [0.717, 1.165) is 18.6 Å². The lowest BCUT2D eigenvalue weighted by Gasteiger charge is -2.34. The molecule has 7 heteroatoms. The van der Waals surface area contributed by atoms with E-state index in [2.05, 4.69) is 0 Å². The third-order valence-electron chi connectivity index (χ3n) is 4.71. The molecule has 27 heavy (non-hydrogen) atoms. The van der Waals surface area contributed by atoms with Gasteiger partial charge in [-0.1, -0.05) is 0 Å². The molecule has 7 nitrogen and oxygen atoms in total. The zero-order valence-electron chi connectivity index (χ0n) is 15.9. The SMILES string of the molecule is COc1cc(C(=O)N(Cc2ccco2)C2CCOCC2)cc(OC)c1OC. The number of furan rings is 1. The fraction of sp³-hybridized carbons (Fsp3) is 0.450. The monoisotopic (exact) mass is 375 g/mol. The maximum absolute atomic E-state index is 13.4. The predicted molar refractivity (Wildman–Crippen MR) is 98.5 cm³/mol. The highest BCUT2D eigenvalue weighted by molar-refractivity contribution is 5.96. The van der Waals surface area contributed by atoms with E-state index < -0.39 is 0 Å². The second-order valence-electron chi connectivity index (χ2n) is 6.27. The van der Waals surface area contributed by atoms with Gasteiger partial charge in [0.2, 0.25) is 5.75 Å². The van der Waals surface area contributed by atoms with E-state index in [1.54, 1.807) is 18.4 Å². The molecule has 2 heterocycles. The topological polar surface area (TPSA) is 70.4 Å². The van der Waals surface area contributed by atoms with Crippen LogP contribution in [0.15, 0.2) is 34.9 Å². The van der Waals surface area contributed by atoms with Gasteiger partial charge in [-0.05, 0) is 37.1 Å². The van der Waals surface area contributed by atoms with Crippen LogP contribution in [0, 0.1) is 0 Å². The van der Waals surface area contributed by atoms with Gasteiger partial charge in [-0.2, -0.15) is 0 Å². The molecule has 1 aliphatic heterocycles. The average molecular weight is 375 g/mol. The number of rotatable bonds is 7. The number of carbonyl (C=O) groups excluding carboxylic acids is 1. The second kappa shape index (κ2) is 8.81. The second-order valence-corrected chi connectivity index (χ2v) is 6.27. The van der Waals surface area contributed by atoms with Crippen LogP contribution in [-0.2, 0) is 11.3 Å². The summed E-state index contributed by atoms with van der Waals surface area (Å²) in [6.07, 6.45) is 3.19. The smallest absolute Gasteiger partial charge is 0.254 e. The number of methoxy groups -OCH3 is 3. The van der Waals surface area contributed by atoms with Crippen LogP contribution in [0.5, 0.6) is 17.2 Å². The van der Waals surface area contributed by atoms with E-state index in [0.29, 0.717) is 42.6 Å². The van der Waals surface area contributed by atoms with Crippen LogP contribution in [0.25, 0.3) is 0 Å². The van der Waals surface area contributed by atoms with Crippen molar-refractivity contribution in [1.82, 2.24) is 4.90 Å². The van der Waals surface area contributed by atoms with Crippen LogP contribution in [0.4, 0.5) is 0 Å². The summed E-state index contributed by atoms with van der Waals surface area (Å²) in [5.41, 5.74) is 0.475. The summed E-state index contributed by atoms with van der Waals surface area (Å²) in [5, 5.41) is 0. The number of nitrogens with zero attached hydrogens (tertiary/aromatic N) is 1. The molecule has 0 unspecified atom stereocenters. The van der Waals surface area contributed by atoms with Crippen LogP contribution in [0.3, 0.4) is 0 Å². The summed E-state index contributed by atoms with van der Waals surface area (Å²) in [6.45, 7) is 1.68. The molecule has 1 amide bonds. The van der Waals surface area contributed by atoms with Gasteiger partial charge in [0.1, 0.15) is 5.76 Å². The quantitative estimate of drug-likeness (QED) is 0.741. The predicted octanol–water partition coefficient (Wildman–Crippen LogP) is 3.13. The van der Waals surface area contributed by atoms with E-state index in [1.165, 1.54) is 21.3 Å². The lowest BCUT2D eigenvalue weighted by Crippen LogP contribution is -2.43. The zero-order chi connectivity index (χ0) is 19.2. The summed E-state index contributed by atoms with van der Waals surface area (Å²) in [5.74, 6) is 1.98. The molecule has 1 fully saturated rings. The molecule has 0 aliphatic carbocycles. The molecule has 0 radical (unpaired) electrons. The molecule has 2 aromatic rings. The number of hydrogen-bond acceptors (Lipinski definition) is 6. The highest BCUT2D eigenvalue weighted by atomic mass is 16.5. The van der Waals surface area contributed by atoms with Crippen molar-refractivity contribution >= 4 is 5.91 Å². The number of ether oxygens (including phenoxy) is 4. The Kier molecular flexibility index (Phi) is 6.24. The molecule has 1 saturated heterocycles. The van der Waals surface area contributed by atoms with Crippen LogP contribution in [0.1, 0.15) is 29.0 Å². The Balaban J connectivity index is 1.95. The van der Waals surface area contributed by atoms with Crippen molar-refractivity contribution in [2.24, 2.45) is 0 Å².